The van der Waals surface area contributed by atoms with Gasteiger partial charge in [-0.05, 0) is 152 Å². The van der Waals surface area contributed by atoms with Crippen LogP contribution < -0.4 is 0 Å². The molecule has 0 spiro atoms. The summed E-state index contributed by atoms with van der Waals surface area (Å²) in [6.45, 7) is 39.1. The Labute approximate surface area is 687 Å². The van der Waals surface area contributed by atoms with Gasteiger partial charge in [0.15, 0.2) is 0 Å². The van der Waals surface area contributed by atoms with Gasteiger partial charge in [-0.1, -0.05) is 362 Å². The summed E-state index contributed by atoms with van der Waals surface area (Å²) >= 11 is 0. The van der Waals surface area contributed by atoms with Crippen molar-refractivity contribution in [1.82, 2.24) is 0 Å². The summed E-state index contributed by atoms with van der Waals surface area (Å²) in [4.78, 5) is 5.69. The third-order valence-corrected chi connectivity index (χ3v) is 32.4. The van der Waals surface area contributed by atoms with Gasteiger partial charge in [0.1, 0.15) is 0 Å². The predicted octanol–water partition coefficient (Wildman–Crippen LogP) is 29.5. The molecule has 8 aliphatic carbocycles. The largest absolute Gasteiger partial charge is 4.00 e. The molecule has 10 unspecified atom stereocenters. The van der Waals surface area contributed by atoms with Gasteiger partial charge in [-0.3, -0.25) is 0 Å². The normalized spacial score (nSPS) is 25.4. The molecular formula is C95H151Hf2NSi2Ti. The molecular weight excluding hydrogens is 1620 g/mol. The maximum absolute atomic E-state index is 5.69. The average molecular weight is 1770 g/mol. The number of allylic oxidation sites excluding steroid dienone is 10. The molecule has 4 fully saturated rings. The van der Waals surface area contributed by atoms with Crippen LogP contribution in [0.15, 0.2) is 157 Å². The second kappa shape index (κ2) is 45.9. The summed E-state index contributed by atoms with van der Waals surface area (Å²) in [5.41, 5.74) is 17.1. The predicted molar refractivity (Wildman–Crippen MR) is 456 cm³/mol. The Morgan fingerprint density at radius 2 is 0.713 bits per heavy atom. The molecule has 101 heavy (non-hydrogen) atoms. The van der Waals surface area contributed by atoms with E-state index in [1.807, 2.05) is 0 Å². The number of aryl methyl sites for hydroxylation is 2. The molecule has 0 amide bonds. The summed E-state index contributed by atoms with van der Waals surface area (Å²) in [7, 11) is -3.05. The fourth-order valence-corrected chi connectivity index (χ4v) is 27.5. The molecule has 1 nitrogen and oxygen atoms in total. The molecule has 4 aromatic carbocycles. The Kier molecular flexibility index (Phi) is 48.9. The Bertz CT molecular complexity index is 2950. The van der Waals surface area contributed by atoms with Gasteiger partial charge < -0.3 is 86.7 Å². The summed E-state index contributed by atoms with van der Waals surface area (Å²) in [6.07, 6.45) is 46.4. The number of hydrogen-bond acceptors (Lipinski definition) is 0. The number of rotatable bonds is 9. The second-order valence-corrected chi connectivity index (χ2v) is 41.9. The monoisotopic (exact) mass is 1770 g/mol. The first-order valence-corrected chi connectivity index (χ1v) is 41.8. The van der Waals surface area contributed by atoms with Gasteiger partial charge in [-0.15, -0.1) is 6.04 Å². The summed E-state index contributed by atoms with van der Waals surface area (Å²) in [5.74, 6) is 6.71. The molecule has 4 saturated carbocycles. The zero-order valence-corrected chi connectivity index (χ0v) is 80.9. The molecule has 8 aliphatic rings. The van der Waals surface area contributed by atoms with E-state index in [0.717, 1.165) is 29.2 Å². The van der Waals surface area contributed by atoms with E-state index in [1.54, 1.807) is 11.1 Å². The molecule has 6 heteroatoms. The molecule has 556 valence electrons. The van der Waals surface area contributed by atoms with E-state index < -0.39 is 16.3 Å². The third-order valence-electron chi connectivity index (χ3n) is 24.4. The third kappa shape index (κ3) is 23.6. The van der Waals surface area contributed by atoms with Gasteiger partial charge >= 0.3 is 73.4 Å². The number of fused-ring (bicyclic) bond motifs is 5. The van der Waals surface area contributed by atoms with Gasteiger partial charge in [0, 0.05) is 5.41 Å². The Morgan fingerprint density at radius 1 is 0.386 bits per heavy atom. The minimum atomic E-state index is -1.53. The van der Waals surface area contributed by atoms with E-state index in [9.17, 15) is 0 Å². The summed E-state index contributed by atoms with van der Waals surface area (Å²) in [5, 5.41) is 0. The SMILES string of the molecule is CC1C(C)C(C)C([Si](C)(C)[N-]C2CCCCCCCCCCC2)C1C.C[Si](C)(C1C=Cc2ccccc21)C1C=Cc2ccccc21.Cc1ccc(C(c2ccc(C)cc2)(C2CCCC2)C2C3C=C(C(C)(C)C)C=CC3C3C=CC(C(C)(C)C)=CC32)cc1.[CH3-].[CH3-].[CH3-].[CH3-].[CH3-].[CH3-].[CH3-].[CH3-].[CH3-].[CH3-].[CH3-].[Hf+4].[Hf+4].[Ti+4]. The summed E-state index contributed by atoms with van der Waals surface area (Å²) in [6, 6.07) is 38.0. The molecule has 0 radical (unpaired) electrons. The van der Waals surface area contributed by atoms with Crippen molar-refractivity contribution >= 4 is 28.5 Å². The Morgan fingerprint density at radius 3 is 1.06 bits per heavy atom. The van der Waals surface area contributed by atoms with Crippen molar-refractivity contribution in [3.63, 3.8) is 0 Å². The molecule has 0 aromatic heterocycles. The van der Waals surface area contributed by atoms with E-state index in [1.165, 1.54) is 141 Å². The van der Waals surface area contributed by atoms with Crippen molar-refractivity contribution in [3.05, 3.63) is 288 Å². The first-order chi connectivity index (χ1) is 41.4. The molecule has 12 rings (SSSR count). The van der Waals surface area contributed by atoms with Gasteiger partial charge in [0.05, 0.1) is 8.07 Å². The van der Waals surface area contributed by atoms with Crippen LogP contribution in [0.4, 0.5) is 0 Å². The first kappa shape index (κ1) is 108. The van der Waals surface area contributed by atoms with Gasteiger partial charge in [-0.25, -0.2) is 0 Å². The van der Waals surface area contributed by atoms with Crippen molar-refractivity contribution in [2.24, 2.45) is 70.0 Å². The van der Waals surface area contributed by atoms with Crippen LogP contribution in [-0.4, -0.2) is 22.4 Å². The fourth-order valence-electron chi connectivity index (χ4n) is 19.3. The van der Waals surface area contributed by atoms with Crippen LogP contribution in [0, 0.1) is 166 Å². The Hall–Kier alpha value is -1.83. The van der Waals surface area contributed by atoms with Gasteiger partial charge in [0.2, 0.25) is 0 Å². The van der Waals surface area contributed by atoms with E-state index in [-0.39, 0.29) is 171 Å². The van der Waals surface area contributed by atoms with Crippen LogP contribution in [0.5, 0.6) is 0 Å². The van der Waals surface area contributed by atoms with Crippen molar-refractivity contribution < 1.29 is 73.4 Å². The van der Waals surface area contributed by atoms with E-state index >= 15 is 0 Å². The Balaban J connectivity index is -0.000000451. The molecule has 0 bridgehead atoms. The molecule has 0 aliphatic heterocycles. The van der Waals surface area contributed by atoms with Crippen LogP contribution in [0.3, 0.4) is 0 Å². The molecule has 0 saturated heterocycles. The maximum atomic E-state index is 5.69. The van der Waals surface area contributed by atoms with E-state index in [2.05, 4.69) is 267 Å². The fraction of sp³-hybridized carbons (Fsp3) is 0.505. The molecule has 4 aromatic rings. The minimum Gasteiger partial charge on any atom is -0.662 e. The van der Waals surface area contributed by atoms with Crippen LogP contribution in [0.25, 0.3) is 17.1 Å². The zero-order valence-electron chi connectivity index (χ0n) is 70.1. The van der Waals surface area contributed by atoms with Crippen molar-refractivity contribution in [2.45, 2.75) is 234 Å². The zero-order chi connectivity index (χ0) is 62.1. The first-order valence-electron chi connectivity index (χ1n) is 35.6. The molecule has 0 N–H and O–H groups in total. The van der Waals surface area contributed by atoms with Crippen LogP contribution in [0.1, 0.15) is 221 Å². The smallest absolute Gasteiger partial charge is 0.662 e. The number of benzene rings is 4. The van der Waals surface area contributed by atoms with Crippen LogP contribution in [0.2, 0.25) is 31.7 Å². The van der Waals surface area contributed by atoms with Crippen molar-refractivity contribution in [3.8, 4) is 0 Å². The van der Waals surface area contributed by atoms with E-state index in [0.29, 0.717) is 52.6 Å². The van der Waals surface area contributed by atoms with Gasteiger partial charge in [0.25, 0.3) is 0 Å². The topological polar surface area (TPSA) is 14.1 Å². The average Bonchev–Trinajstić information content (AvgIpc) is 1.63. The van der Waals surface area contributed by atoms with Crippen LogP contribution >= 0.6 is 0 Å². The number of nitrogens with zero attached hydrogens (tertiary/aromatic N) is 1. The van der Waals surface area contributed by atoms with Crippen molar-refractivity contribution in [2.75, 3.05) is 0 Å². The molecule has 10 atom stereocenters. The quantitative estimate of drug-likeness (QED) is 0.117. The van der Waals surface area contributed by atoms with Gasteiger partial charge in [-0.2, -0.15) is 0 Å². The number of hydrogen-bond donors (Lipinski definition) is 0. The summed E-state index contributed by atoms with van der Waals surface area (Å²) < 4.78 is 0. The maximum Gasteiger partial charge on any atom is 4.00 e. The standard InChI is InChI=1S/C41H52.C23H46NSi.C20H20Si.11CH3.2Hf.Ti/c1-27-13-17-30(18-14-27)41(29-11-9-10-12-29,31-19-15-28(2)16-20-31)38-36-25-32(39(3,4)5)21-23-34(36)35-24-22-33(26-37(35)38)40(6,7)8;1-18-19(2)21(4)23(20(18)3)25(5,6)24-22-16-14-12-10-8-7-9-11-13-15-17-22;1-21(2,19-13-11-15-7-3-5-9-17(15)19)20-14-12-16-8-4-6-10-18(16)20;;;;;;;;;;;;;;/h13-26,29,34-38H,9-12H2,1-8H3;18-23H,7-17H2,1-6H3;3-14,19-20H,1-2H3;11*1H3;;;/q;-1;;11*-1;3*+4. The van der Waals surface area contributed by atoms with Crippen LogP contribution in [-0.2, 0) is 78.8 Å². The second-order valence-electron chi connectivity index (χ2n) is 32.8. The van der Waals surface area contributed by atoms with Crippen molar-refractivity contribution in [1.29, 1.82) is 0 Å². The van der Waals surface area contributed by atoms with E-state index in [4.69, 9.17) is 4.98 Å². The molecule has 0 heterocycles. The minimum absolute atomic E-state index is 0.